The van der Waals surface area contributed by atoms with Crippen molar-refractivity contribution in [2.75, 3.05) is 5.06 Å². The van der Waals surface area contributed by atoms with Crippen LogP contribution in [0.4, 0.5) is 5.69 Å². The number of carbonyl (C=O) groups is 1. The fraction of sp³-hybridized carbons (Fsp3) is 0.125. The third-order valence-corrected chi connectivity index (χ3v) is 2.35. The molecule has 0 aromatic heterocycles. The van der Waals surface area contributed by atoms with Crippen LogP contribution in [0.5, 0.6) is 0 Å². The molecule has 1 amide bonds. The molecule has 3 nitrogen and oxygen atoms in total. The second kappa shape index (κ2) is 2.57. The van der Waals surface area contributed by atoms with Gasteiger partial charge in [-0.1, -0.05) is 22.0 Å². The summed E-state index contributed by atoms with van der Waals surface area (Å²) in [6.07, 6.45) is 0.291. The van der Waals surface area contributed by atoms with E-state index in [1.165, 1.54) is 0 Å². The van der Waals surface area contributed by atoms with Gasteiger partial charge in [-0.15, -0.1) is 0 Å². The van der Waals surface area contributed by atoms with Gasteiger partial charge in [0.1, 0.15) is 0 Å². The Bertz CT molecular complexity index is 351. The number of hydrogen-bond acceptors (Lipinski definition) is 2. The van der Waals surface area contributed by atoms with E-state index in [9.17, 15) is 10.0 Å². The number of benzene rings is 1. The zero-order valence-electron chi connectivity index (χ0n) is 6.12. The van der Waals surface area contributed by atoms with E-state index in [-0.39, 0.29) is 5.91 Å². The van der Waals surface area contributed by atoms with Crippen molar-refractivity contribution in [1.29, 1.82) is 0 Å². The Morgan fingerprint density at radius 2 is 2.25 bits per heavy atom. The quantitative estimate of drug-likeness (QED) is 0.687. The van der Waals surface area contributed by atoms with Crippen LogP contribution in [0.1, 0.15) is 5.56 Å². The Balaban J connectivity index is 2.55. The number of rotatable bonds is 0. The fourth-order valence-electron chi connectivity index (χ4n) is 1.26. The Hall–Kier alpha value is -0.870. The normalized spacial score (nSPS) is 15.2. The molecule has 0 unspecified atom stereocenters. The van der Waals surface area contributed by atoms with Gasteiger partial charge in [-0.25, -0.2) is 0 Å². The van der Waals surface area contributed by atoms with Crippen molar-refractivity contribution in [2.24, 2.45) is 0 Å². The standard InChI is InChI=1S/C8H6BrNO2/c9-6-2-1-5-3-8(11)10(12)7(5)4-6/h1-2,4,12H,3H2. The van der Waals surface area contributed by atoms with Crippen LogP contribution in [0, 0.1) is 0 Å². The van der Waals surface area contributed by atoms with Crippen LogP contribution in [-0.2, 0) is 11.2 Å². The predicted octanol–water partition coefficient (Wildman–Crippen LogP) is 1.73. The fourth-order valence-corrected chi connectivity index (χ4v) is 1.60. The summed E-state index contributed by atoms with van der Waals surface area (Å²) in [5.41, 5.74) is 1.44. The van der Waals surface area contributed by atoms with Crippen molar-refractivity contribution < 1.29 is 10.0 Å². The van der Waals surface area contributed by atoms with Gasteiger partial charge in [0, 0.05) is 4.47 Å². The minimum atomic E-state index is -0.275. The van der Waals surface area contributed by atoms with E-state index in [1.54, 1.807) is 6.07 Å². The van der Waals surface area contributed by atoms with Crippen molar-refractivity contribution in [3.63, 3.8) is 0 Å². The summed E-state index contributed by atoms with van der Waals surface area (Å²) in [5, 5.41) is 9.93. The average Bonchev–Trinajstić information content (AvgIpc) is 2.31. The Morgan fingerprint density at radius 3 is 3.00 bits per heavy atom. The summed E-state index contributed by atoms with van der Waals surface area (Å²) < 4.78 is 0.856. The molecule has 1 aliphatic heterocycles. The summed E-state index contributed by atoms with van der Waals surface area (Å²) in [6.45, 7) is 0. The lowest BCUT2D eigenvalue weighted by molar-refractivity contribution is -0.122. The number of fused-ring (bicyclic) bond motifs is 1. The number of carbonyl (C=O) groups excluding carboxylic acids is 1. The number of nitrogens with zero attached hydrogens (tertiary/aromatic N) is 1. The second-order valence-corrected chi connectivity index (χ2v) is 3.57. The maximum Gasteiger partial charge on any atom is 0.255 e. The molecule has 0 bridgehead atoms. The van der Waals surface area contributed by atoms with Crippen molar-refractivity contribution in [2.45, 2.75) is 6.42 Å². The van der Waals surface area contributed by atoms with Crippen LogP contribution >= 0.6 is 15.9 Å². The Kier molecular flexibility index (Phi) is 1.66. The molecule has 1 aromatic carbocycles. The topological polar surface area (TPSA) is 40.5 Å². The molecule has 0 saturated heterocycles. The minimum absolute atomic E-state index is 0.275. The molecular weight excluding hydrogens is 222 g/mol. The van der Waals surface area contributed by atoms with Crippen molar-refractivity contribution >= 4 is 27.5 Å². The van der Waals surface area contributed by atoms with Crippen LogP contribution in [0.15, 0.2) is 22.7 Å². The molecule has 0 spiro atoms. The Morgan fingerprint density at radius 1 is 1.50 bits per heavy atom. The summed E-state index contributed by atoms with van der Waals surface area (Å²) in [4.78, 5) is 11.0. The monoisotopic (exact) mass is 227 g/mol. The van der Waals surface area contributed by atoms with Gasteiger partial charge in [0.05, 0.1) is 12.1 Å². The van der Waals surface area contributed by atoms with E-state index in [0.717, 1.165) is 10.0 Å². The van der Waals surface area contributed by atoms with E-state index < -0.39 is 0 Å². The highest BCUT2D eigenvalue weighted by Gasteiger charge is 2.25. The molecule has 62 valence electrons. The van der Waals surface area contributed by atoms with E-state index in [4.69, 9.17) is 0 Å². The van der Waals surface area contributed by atoms with Crippen molar-refractivity contribution in [3.05, 3.63) is 28.2 Å². The molecule has 0 saturated carbocycles. The highest BCUT2D eigenvalue weighted by atomic mass is 79.9. The van der Waals surface area contributed by atoms with Crippen LogP contribution in [-0.4, -0.2) is 11.1 Å². The highest BCUT2D eigenvalue weighted by Crippen LogP contribution is 2.29. The third kappa shape index (κ3) is 1.04. The molecule has 1 N–H and O–H groups in total. The van der Waals surface area contributed by atoms with Crippen LogP contribution in [0.3, 0.4) is 0 Å². The Labute approximate surface area is 77.7 Å². The lowest BCUT2D eigenvalue weighted by Gasteiger charge is -2.06. The van der Waals surface area contributed by atoms with Crippen LogP contribution < -0.4 is 5.06 Å². The van der Waals surface area contributed by atoms with E-state index in [0.29, 0.717) is 17.2 Å². The summed E-state index contributed by atoms with van der Waals surface area (Å²) in [5.74, 6) is -0.275. The number of anilines is 1. The summed E-state index contributed by atoms with van der Waals surface area (Å²) in [6, 6.07) is 5.40. The van der Waals surface area contributed by atoms with Crippen LogP contribution in [0.2, 0.25) is 0 Å². The van der Waals surface area contributed by atoms with Crippen LogP contribution in [0.25, 0.3) is 0 Å². The molecule has 0 atom stereocenters. The molecule has 1 heterocycles. The lowest BCUT2D eigenvalue weighted by Crippen LogP contribution is -2.21. The molecule has 1 aromatic rings. The van der Waals surface area contributed by atoms with Gasteiger partial charge in [-0.3, -0.25) is 10.0 Å². The third-order valence-electron chi connectivity index (χ3n) is 1.85. The summed E-state index contributed by atoms with van der Waals surface area (Å²) >= 11 is 3.26. The largest absolute Gasteiger partial charge is 0.281 e. The maximum absolute atomic E-state index is 11.0. The minimum Gasteiger partial charge on any atom is -0.281 e. The predicted molar refractivity (Wildman–Crippen MR) is 47.1 cm³/mol. The van der Waals surface area contributed by atoms with E-state index in [1.807, 2.05) is 12.1 Å². The zero-order valence-corrected chi connectivity index (χ0v) is 7.71. The maximum atomic E-state index is 11.0. The SMILES string of the molecule is O=C1Cc2ccc(Br)cc2N1O. The van der Waals surface area contributed by atoms with Gasteiger partial charge < -0.3 is 0 Å². The lowest BCUT2D eigenvalue weighted by atomic mass is 10.2. The molecule has 2 rings (SSSR count). The summed E-state index contributed by atoms with van der Waals surface area (Å²) in [7, 11) is 0. The number of hydrogen-bond donors (Lipinski definition) is 1. The molecular formula is C8H6BrNO2. The molecule has 0 radical (unpaired) electrons. The first-order valence-electron chi connectivity index (χ1n) is 3.49. The second-order valence-electron chi connectivity index (χ2n) is 2.66. The first-order valence-corrected chi connectivity index (χ1v) is 4.28. The molecule has 0 aliphatic carbocycles. The van der Waals surface area contributed by atoms with E-state index in [2.05, 4.69) is 15.9 Å². The molecule has 12 heavy (non-hydrogen) atoms. The van der Waals surface area contributed by atoms with Gasteiger partial charge in [-0.05, 0) is 17.7 Å². The number of hydroxylamine groups is 1. The molecule has 4 heteroatoms. The smallest absolute Gasteiger partial charge is 0.255 e. The highest BCUT2D eigenvalue weighted by molar-refractivity contribution is 9.10. The van der Waals surface area contributed by atoms with Gasteiger partial charge in [-0.2, -0.15) is 5.06 Å². The average molecular weight is 228 g/mol. The van der Waals surface area contributed by atoms with Gasteiger partial charge in [0.15, 0.2) is 0 Å². The first kappa shape index (κ1) is 7.76. The van der Waals surface area contributed by atoms with Gasteiger partial charge in [0.2, 0.25) is 0 Å². The molecule has 0 fully saturated rings. The first-order chi connectivity index (χ1) is 5.68. The van der Waals surface area contributed by atoms with Gasteiger partial charge >= 0.3 is 0 Å². The number of halogens is 1. The van der Waals surface area contributed by atoms with Gasteiger partial charge in [0.25, 0.3) is 5.91 Å². The van der Waals surface area contributed by atoms with Crippen molar-refractivity contribution in [1.82, 2.24) is 0 Å². The zero-order chi connectivity index (χ0) is 8.72. The van der Waals surface area contributed by atoms with E-state index >= 15 is 0 Å². The number of amides is 1. The molecule has 1 aliphatic rings. The van der Waals surface area contributed by atoms with Crippen molar-refractivity contribution in [3.8, 4) is 0 Å².